The van der Waals surface area contributed by atoms with E-state index in [-0.39, 0.29) is 41.4 Å². The molecule has 0 saturated carbocycles. The SMILES string of the molecule is CC(C)N1CC2N(C(=O)C(NC=O)CN2S(=O)c2ccc(OC(F)(F)F)cc2Cl)C(Cc2ccc(Cl)cc2)C1=O. The molecule has 3 amide bonds. The highest BCUT2D eigenvalue weighted by molar-refractivity contribution is 7.82. The second-order valence-electron chi connectivity index (χ2n) is 9.48. The molecule has 40 heavy (non-hydrogen) atoms. The number of alkyl halides is 3. The summed E-state index contributed by atoms with van der Waals surface area (Å²) < 4.78 is 57.2. The zero-order chi connectivity index (χ0) is 29.4. The fourth-order valence-electron chi connectivity index (χ4n) is 4.79. The van der Waals surface area contributed by atoms with Gasteiger partial charge in [0.25, 0.3) is 0 Å². The molecule has 4 atom stereocenters. The number of ether oxygens (including phenoxy) is 1. The quantitative estimate of drug-likeness (QED) is 0.456. The molecular formula is C25H25Cl2F3N4O5S. The van der Waals surface area contributed by atoms with Crippen LogP contribution in [0.15, 0.2) is 47.4 Å². The first-order chi connectivity index (χ1) is 18.8. The average molecular weight is 621 g/mol. The number of nitrogens with one attached hydrogen (secondary N) is 1. The maximum absolute atomic E-state index is 13.9. The summed E-state index contributed by atoms with van der Waals surface area (Å²) in [6.45, 7) is 3.43. The maximum Gasteiger partial charge on any atom is 0.573 e. The Bertz CT molecular complexity index is 1310. The number of halogens is 5. The zero-order valence-corrected chi connectivity index (χ0v) is 23.6. The van der Waals surface area contributed by atoms with Gasteiger partial charge in [0.2, 0.25) is 18.2 Å². The van der Waals surface area contributed by atoms with Gasteiger partial charge in [0.15, 0.2) is 0 Å². The fourth-order valence-corrected chi connectivity index (χ4v) is 6.62. The number of amides is 3. The zero-order valence-electron chi connectivity index (χ0n) is 21.2. The Morgan fingerprint density at radius 2 is 1.77 bits per heavy atom. The van der Waals surface area contributed by atoms with E-state index in [4.69, 9.17) is 23.2 Å². The van der Waals surface area contributed by atoms with Gasteiger partial charge in [-0.3, -0.25) is 14.4 Å². The number of hydrogen-bond donors (Lipinski definition) is 1. The van der Waals surface area contributed by atoms with Crippen molar-refractivity contribution < 1.29 is 36.5 Å². The van der Waals surface area contributed by atoms with Crippen molar-refractivity contribution in [2.24, 2.45) is 0 Å². The Morgan fingerprint density at radius 1 is 1.10 bits per heavy atom. The lowest BCUT2D eigenvalue weighted by Gasteiger charge is -2.54. The van der Waals surface area contributed by atoms with Gasteiger partial charge in [0.05, 0.1) is 16.5 Å². The van der Waals surface area contributed by atoms with Crippen molar-refractivity contribution in [2.45, 2.75) is 55.8 Å². The van der Waals surface area contributed by atoms with Crippen LogP contribution in [0.25, 0.3) is 0 Å². The van der Waals surface area contributed by atoms with Crippen molar-refractivity contribution in [1.82, 2.24) is 19.4 Å². The smallest absolute Gasteiger partial charge is 0.406 e. The van der Waals surface area contributed by atoms with Crippen LogP contribution in [0.4, 0.5) is 13.2 Å². The molecule has 216 valence electrons. The molecule has 2 aliphatic rings. The molecular weight excluding hydrogens is 596 g/mol. The first-order valence-electron chi connectivity index (χ1n) is 12.1. The third-order valence-corrected chi connectivity index (χ3v) is 8.83. The predicted molar refractivity (Wildman–Crippen MR) is 141 cm³/mol. The Balaban J connectivity index is 1.74. The molecule has 0 aromatic heterocycles. The van der Waals surface area contributed by atoms with Gasteiger partial charge in [-0.1, -0.05) is 35.3 Å². The molecule has 1 N–H and O–H groups in total. The van der Waals surface area contributed by atoms with Crippen LogP contribution in [-0.2, 0) is 31.8 Å². The Labute approximate surface area is 240 Å². The minimum atomic E-state index is -4.94. The first kappa shape index (κ1) is 30.1. The monoisotopic (exact) mass is 620 g/mol. The number of carbonyl (C=O) groups is 3. The normalized spacial score (nSPS) is 22.8. The topological polar surface area (TPSA) is 99.3 Å². The van der Waals surface area contributed by atoms with Gasteiger partial charge in [-0.25, -0.2) is 4.21 Å². The van der Waals surface area contributed by atoms with E-state index < -0.39 is 47.3 Å². The van der Waals surface area contributed by atoms with Crippen LogP contribution < -0.4 is 10.1 Å². The van der Waals surface area contributed by atoms with E-state index in [9.17, 15) is 31.8 Å². The summed E-state index contributed by atoms with van der Waals surface area (Å²) in [6.07, 6.45) is -5.38. The third-order valence-electron chi connectivity index (χ3n) is 6.61. The van der Waals surface area contributed by atoms with E-state index in [0.29, 0.717) is 11.4 Å². The van der Waals surface area contributed by atoms with Gasteiger partial charge < -0.3 is 19.9 Å². The summed E-state index contributed by atoms with van der Waals surface area (Å²) in [7, 11) is -2.11. The summed E-state index contributed by atoms with van der Waals surface area (Å²) in [5.41, 5.74) is 0.723. The van der Waals surface area contributed by atoms with Crippen LogP contribution in [0.1, 0.15) is 19.4 Å². The fraction of sp³-hybridized carbons (Fsp3) is 0.400. The predicted octanol–water partition coefficient (Wildman–Crippen LogP) is 3.36. The van der Waals surface area contributed by atoms with Crippen LogP contribution in [0.2, 0.25) is 10.0 Å². The van der Waals surface area contributed by atoms with Gasteiger partial charge >= 0.3 is 6.36 Å². The molecule has 15 heteroatoms. The lowest BCUT2D eigenvalue weighted by atomic mass is 9.96. The highest BCUT2D eigenvalue weighted by atomic mass is 35.5. The van der Waals surface area contributed by atoms with Crippen LogP contribution in [0.3, 0.4) is 0 Å². The van der Waals surface area contributed by atoms with Crippen molar-refractivity contribution in [1.29, 1.82) is 0 Å². The Hall–Kier alpha value is -2.87. The molecule has 2 saturated heterocycles. The molecule has 2 aliphatic heterocycles. The van der Waals surface area contributed by atoms with E-state index in [1.807, 2.05) is 13.8 Å². The number of carbonyl (C=O) groups excluding carboxylic acids is 3. The van der Waals surface area contributed by atoms with E-state index >= 15 is 0 Å². The van der Waals surface area contributed by atoms with Crippen LogP contribution in [0.5, 0.6) is 5.75 Å². The number of rotatable bonds is 8. The number of benzene rings is 2. The number of hydrogen-bond acceptors (Lipinski definition) is 5. The molecule has 0 bridgehead atoms. The van der Waals surface area contributed by atoms with Gasteiger partial charge in [-0.2, -0.15) is 4.31 Å². The standard InChI is InChI=1S/C25H25Cl2F3N4O5S/c1-14(2)32-12-22-33(40(38)21-8-7-17(10-18(21)27)39-25(28,29)30)11-19(31-13-35)23(36)34(22)20(24(32)37)9-15-3-5-16(26)6-4-15/h3-8,10,13-14,19-20,22H,9,11-12H2,1-2H3,(H,31,35). The minimum Gasteiger partial charge on any atom is -0.406 e. The summed E-state index contributed by atoms with van der Waals surface area (Å²) in [4.78, 5) is 41.5. The van der Waals surface area contributed by atoms with Crippen molar-refractivity contribution in [3.05, 3.63) is 58.1 Å². The van der Waals surface area contributed by atoms with Crippen LogP contribution in [0, 0.1) is 0 Å². The molecule has 4 rings (SSSR count). The maximum atomic E-state index is 13.9. The lowest BCUT2D eigenvalue weighted by Crippen LogP contribution is -2.75. The average Bonchev–Trinajstić information content (AvgIpc) is 2.87. The molecule has 9 nitrogen and oxygen atoms in total. The van der Waals surface area contributed by atoms with E-state index in [1.54, 1.807) is 29.2 Å². The van der Waals surface area contributed by atoms with E-state index in [1.165, 1.54) is 9.21 Å². The molecule has 2 aromatic carbocycles. The highest BCUT2D eigenvalue weighted by Gasteiger charge is 2.52. The molecule has 4 unspecified atom stereocenters. The summed E-state index contributed by atoms with van der Waals surface area (Å²) >= 11 is 12.2. The second-order valence-corrected chi connectivity index (χ2v) is 11.7. The first-order valence-corrected chi connectivity index (χ1v) is 14.0. The van der Waals surface area contributed by atoms with Crippen molar-refractivity contribution in [3.8, 4) is 5.75 Å². The highest BCUT2D eigenvalue weighted by Crippen LogP contribution is 2.34. The number of fused-ring (bicyclic) bond motifs is 1. The van der Waals surface area contributed by atoms with E-state index in [2.05, 4.69) is 10.1 Å². The van der Waals surface area contributed by atoms with Gasteiger partial charge in [0, 0.05) is 30.1 Å². The summed E-state index contributed by atoms with van der Waals surface area (Å²) in [5, 5.41) is 2.66. The molecule has 2 aromatic rings. The van der Waals surface area contributed by atoms with E-state index in [0.717, 1.165) is 23.8 Å². The van der Waals surface area contributed by atoms with Gasteiger partial charge in [-0.15, -0.1) is 13.2 Å². The Morgan fingerprint density at radius 3 is 2.35 bits per heavy atom. The summed E-state index contributed by atoms with van der Waals surface area (Å²) in [5.74, 6) is -1.44. The molecule has 2 fully saturated rings. The number of nitrogens with zero attached hydrogens (tertiary/aromatic N) is 3. The largest absolute Gasteiger partial charge is 0.573 e. The number of piperazine rings is 1. The van der Waals surface area contributed by atoms with Crippen molar-refractivity contribution >= 4 is 52.4 Å². The van der Waals surface area contributed by atoms with Gasteiger partial charge in [0.1, 0.15) is 35.0 Å². The molecule has 2 heterocycles. The lowest BCUT2D eigenvalue weighted by molar-refractivity contribution is -0.274. The molecule has 0 spiro atoms. The van der Waals surface area contributed by atoms with Crippen LogP contribution >= 0.6 is 23.2 Å². The van der Waals surface area contributed by atoms with Crippen LogP contribution in [-0.4, -0.2) is 80.3 Å². The van der Waals surface area contributed by atoms with Gasteiger partial charge in [-0.05, 0) is 43.7 Å². The molecule has 0 radical (unpaired) electrons. The Kier molecular flexibility index (Phi) is 8.98. The minimum absolute atomic E-state index is 0.00575. The molecule has 0 aliphatic carbocycles. The van der Waals surface area contributed by atoms with Crippen molar-refractivity contribution in [3.63, 3.8) is 0 Å². The summed E-state index contributed by atoms with van der Waals surface area (Å²) in [6, 6.07) is 7.39. The van der Waals surface area contributed by atoms with Crippen molar-refractivity contribution in [2.75, 3.05) is 13.1 Å². The third kappa shape index (κ3) is 6.37. The second kappa shape index (κ2) is 11.9.